The number of carbonyl (C=O) groups excluding carboxylic acids is 1. The molecule has 0 bridgehead atoms. The van der Waals surface area contributed by atoms with E-state index in [4.69, 9.17) is 11.6 Å². The maximum absolute atomic E-state index is 11.1. The van der Waals surface area contributed by atoms with E-state index in [1.807, 2.05) is 24.3 Å². The second-order valence-electron chi connectivity index (χ2n) is 4.31. The summed E-state index contributed by atoms with van der Waals surface area (Å²) in [6.07, 6.45) is 1.28. The standard InChI is InChI=1S/C13H16ClNO/c1-4-12(16)15-9-13(2,3)10-5-7-11(14)8-6-10/h4-8H,1,9H2,2-3H3,(H,15,16). The minimum atomic E-state index is -0.151. The molecule has 0 aliphatic heterocycles. The highest BCUT2D eigenvalue weighted by Gasteiger charge is 2.20. The second-order valence-corrected chi connectivity index (χ2v) is 4.75. The van der Waals surface area contributed by atoms with Crippen molar-refractivity contribution in [2.75, 3.05) is 6.54 Å². The van der Waals surface area contributed by atoms with Crippen LogP contribution in [0.25, 0.3) is 0 Å². The lowest BCUT2D eigenvalue weighted by molar-refractivity contribution is -0.116. The molecular formula is C13H16ClNO. The van der Waals surface area contributed by atoms with E-state index in [1.54, 1.807) is 0 Å². The van der Waals surface area contributed by atoms with E-state index in [0.29, 0.717) is 6.54 Å². The van der Waals surface area contributed by atoms with Gasteiger partial charge in [-0.15, -0.1) is 0 Å². The van der Waals surface area contributed by atoms with Crippen LogP contribution in [0.5, 0.6) is 0 Å². The Kier molecular flexibility index (Phi) is 4.13. The number of hydrogen-bond acceptors (Lipinski definition) is 1. The van der Waals surface area contributed by atoms with Gasteiger partial charge in [0.05, 0.1) is 0 Å². The van der Waals surface area contributed by atoms with Gasteiger partial charge in [0.15, 0.2) is 0 Å². The molecule has 3 heteroatoms. The summed E-state index contributed by atoms with van der Waals surface area (Å²) in [6.45, 7) is 8.12. The van der Waals surface area contributed by atoms with Gasteiger partial charge in [-0.25, -0.2) is 0 Å². The van der Waals surface area contributed by atoms with Crippen molar-refractivity contribution < 1.29 is 4.79 Å². The van der Waals surface area contributed by atoms with E-state index in [-0.39, 0.29) is 11.3 Å². The first-order valence-electron chi connectivity index (χ1n) is 5.12. The van der Waals surface area contributed by atoms with Gasteiger partial charge >= 0.3 is 0 Å². The van der Waals surface area contributed by atoms with Crippen molar-refractivity contribution in [3.8, 4) is 0 Å². The van der Waals surface area contributed by atoms with Crippen molar-refractivity contribution in [3.63, 3.8) is 0 Å². The van der Waals surface area contributed by atoms with Crippen molar-refractivity contribution in [1.82, 2.24) is 5.32 Å². The number of halogens is 1. The molecule has 0 saturated heterocycles. The van der Waals surface area contributed by atoms with Crippen molar-refractivity contribution in [1.29, 1.82) is 0 Å². The fourth-order valence-corrected chi connectivity index (χ4v) is 1.51. The molecule has 1 amide bonds. The van der Waals surface area contributed by atoms with Crippen LogP contribution in [0, 0.1) is 0 Å². The van der Waals surface area contributed by atoms with E-state index in [1.165, 1.54) is 6.08 Å². The topological polar surface area (TPSA) is 29.1 Å². The van der Waals surface area contributed by atoms with Gasteiger partial charge < -0.3 is 5.32 Å². The fraction of sp³-hybridized carbons (Fsp3) is 0.308. The Morgan fingerprint density at radius 2 is 2.00 bits per heavy atom. The van der Waals surface area contributed by atoms with Crippen molar-refractivity contribution >= 4 is 17.5 Å². The van der Waals surface area contributed by atoms with Crippen LogP contribution < -0.4 is 5.32 Å². The van der Waals surface area contributed by atoms with Crippen LogP contribution in [0.4, 0.5) is 0 Å². The average Bonchev–Trinajstić information content (AvgIpc) is 2.26. The van der Waals surface area contributed by atoms with Gasteiger partial charge in [0.2, 0.25) is 5.91 Å². The third-order valence-corrected chi connectivity index (χ3v) is 2.77. The van der Waals surface area contributed by atoms with Gasteiger partial charge in [0.1, 0.15) is 0 Å². The normalized spacial score (nSPS) is 10.9. The number of benzene rings is 1. The molecule has 1 rings (SSSR count). The Labute approximate surface area is 101 Å². The molecule has 16 heavy (non-hydrogen) atoms. The Hall–Kier alpha value is -1.28. The molecule has 2 nitrogen and oxygen atoms in total. The summed E-state index contributed by atoms with van der Waals surface area (Å²) in [4.78, 5) is 11.1. The van der Waals surface area contributed by atoms with Crippen LogP contribution in [0.15, 0.2) is 36.9 Å². The zero-order chi connectivity index (χ0) is 12.2. The quantitative estimate of drug-likeness (QED) is 0.802. The fourth-order valence-electron chi connectivity index (χ4n) is 1.38. The smallest absolute Gasteiger partial charge is 0.243 e. The van der Waals surface area contributed by atoms with Crippen LogP contribution in [-0.2, 0) is 10.2 Å². The van der Waals surface area contributed by atoms with E-state index >= 15 is 0 Å². The Bertz CT molecular complexity index is 381. The van der Waals surface area contributed by atoms with E-state index < -0.39 is 0 Å². The van der Waals surface area contributed by atoms with E-state index in [0.717, 1.165) is 10.6 Å². The first-order valence-corrected chi connectivity index (χ1v) is 5.50. The summed E-state index contributed by atoms with van der Waals surface area (Å²) in [5.41, 5.74) is 1.02. The number of rotatable bonds is 4. The van der Waals surface area contributed by atoms with Gasteiger partial charge in [-0.3, -0.25) is 4.79 Å². The average molecular weight is 238 g/mol. The molecule has 0 radical (unpaired) electrons. The molecule has 86 valence electrons. The Morgan fingerprint density at radius 3 is 2.50 bits per heavy atom. The lowest BCUT2D eigenvalue weighted by Crippen LogP contribution is -2.35. The highest BCUT2D eigenvalue weighted by molar-refractivity contribution is 6.30. The van der Waals surface area contributed by atoms with E-state index in [9.17, 15) is 4.79 Å². The van der Waals surface area contributed by atoms with Crippen LogP contribution >= 0.6 is 11.6 Å². The summed E-state index contributed by atoms with van der Waals surface area (Å²) in [7, 11) is 0. The maximum Gasteiger partial charge on any atom is 0.243 e. The zero-order valence-electron chi connectivity index (χ0n) is 9.59. The summed E-state index contributed by atoms with van der Waals surface area (Å²) in [5, 5.41) is 3.51. The molecule has 0 unspecified atom stereocenters. The first-order chi connectivity index (χ1) is 7.45. The number of hydrogen-bond donors (Lipinski definition) is 1. The first kappa shape index (κ1) is 12.8. The highest BCUT2D eigenvalue weighted by Crippen LogP contribution is 2.23. The van der Waals surface area contributed by atoms with E-state index in [2.05, 4.69) is 25.7 Å². The summed E-state index contributed by atoms with van der Waals surface area (Å²) < 4.78 is 0. The SMILES string of the molecule is C=CC(=O)NCC(C)(C)c1ccc(Cl)cc1. The van der Waals surface area contributed by atoms with Gasteiger partial charge in [0, 0.05) is 17.0 Å². The van der Waals surface area contributed by atoms with Crippen molar-refractivity contribution in [2.45, 2.75) is 19.3 Å². The van der Waals surface area contributed by atoms with Crippen molar-refractivity contribution in [2.24, 2.45) is 0 Å². The zero-order valence-corrected chi connectivity index (χ0v) is 10.3. The molecule has 0 saturated carbocycles. The molecule has 0 aliphatic carbocycles. The summed E-state index contributed by atoms with van der Waals surface area (Å²) in [6, 6.07) is 7.66. The number of nitrogens with one attached hydrogen (secondary N) is 1. The minimum Gasteiger partial charge on any atom is -0.352 e. The summed E-state index contributed by atoms with van der Waals surface area (Å²) in [5.74, 6) is -0.151. The predicted octanol–water partition coefficient (Wildman–Crippen LogP) is 2.92. The van der Waals surface area contributed by atoms with Crippen molar-refractivity contribution in [3.05, 3.63) is 47.5 Å². The molecule has 1 aromatic rings. The third kappa shape index (κ3) is 3.38. The van der Waals surface area contributed by atoms with Crippen LogP contribution in [0.1, 0.15) is 19.4 Å². The molecule has 1 aromatic carbocycles. The molecular weight excluding hydrogens is 222 g/mol. The number of amides is 1. The van der Waals surface area contributed by atoms with Gasteiger partial charge in [-0.05, 0) is 23.8 Å². The molecule has 0 heterocycles. The van der Waals surface area contributed by atoms with Crippen LogP contribution in [0.3, 0.4) is 0 Å². The second kappa shape index (κ2) is 5.17. The molecule has 1 N–H and O–H groups in total. The Balaban J connectivity index is 2.73. The van der Waals surface area contributed by atoms with Crippen LogP contribution in [0.2, 0.25) is 5.02 Å². The number of carbonyl (C=O) groups is 1. The Morgan fingerprint density at radius 1 is 1.44 bits per heavy atom. The molecule has 0 spiro atoms. The lowest BCUT2D eigenvalue weighted by Gasteiger charge is -2.25. The largest absolute Gasteiger partial charge is 0.352 e. The third-order valence-electron chi connectivity index (χ3n) is 2.52. The lowest BCUT2D eigenvalue weighted by atomic mass is 9.84. The van der Waals surface area contributed by atoms with Crippen LogP contribution in [-0.4, -0.2) is 12.5 Å². The van der Waals surface area contributed by atoms with Gasteiger partial charge in [-0.1, -0.05) is 44.2 Å². The van der Waals surface area contributed by atoms with Gasteiger partial charge in [-0.2, -0.15) is 0 Å². The molecule has 0 aromatic heterocycles. The molecule has 0 aliphatic rings. The maximum atomic E-state index is 11.1. The predicted molar refractivity (Wildman–Crippen MR) is 67.7 cm³/mol. The monoisotopic (exact) mass is 237 g/mol. The minimum absolute atomic E-state index is 0.122. The van der Waals surface area contributed by atoms with Gasteiger partial charge in [0.25, 0.3) is 0 Å². The molecule has 0 atom stereocenters. The summed E-state index contributed by atoms with van der Waals surface area (Å²) >= 11 is 5.83. The highest BCUT2D eigenvalue weighted by atomic mass is 35.5. The molecule has 0 fully saturated rings.